The molecule has 2 N–H and O–H groups in total. The first-order chi connectivity index (χ1) is 12.4. The monoisotopic (exact) mass is 396 g/mol. The molecule has 0 aromatic carbocycles. The molecule has 0 unspecified atom stereocenters. The third-order valence-electron chi connectivity index (χ3n) is 8.41. The van der Waals surface area contributed by atoms with Crippen molar-refractivity contribution in [3.8, 4) is 0 Å². The normalized spacial score (nSPS) is 44.9. The van der Waals surface area contributed by atoms with Gasteiger partial charge in [0.05, 0.1) is 5.71 Å². The summed E-state index contributed by atoms with van der Waals surface area (Å²) < 4.78 is 0. The molecule has 0 heterocycles. The minimum absolute atomic E-state index is 0. The summed E-state index contributed by atoms with van der Waals surface area (Å²) >= 11 is 0. The van der Waals surface area contributed by atoms with Crippen LogP contribution in [0.15, 0.2) is 5.16 Å². The number of Topliss-reactive ketones (excluding diaryl/α,β-unsaturated/α-hetero) is 2. The fraction of sp³-hybridized carbons (Fsp3) is 0.857. The average molecular weight is 397 g/mol. The molecule has 0 aromatic rings. The lowest BCUT2D eigenvalue weighted by Crippen LogP contribution is -2.56. The molecule has 6 heteroatoms. The van der Waals surface area contributed by atoms with E-state index in [2.05, 4.69) is 19.0 Å². The van der Waals surface area contributed by atoms with Crippen LogP contribution in [0.2, 0.25) is 0 Å². The number of carbonyl (C=O) groups excluding carboxylic acids is 2. The number of rotatable bonds is 3. The largest absolute Gasteiger partial charge is 0.395 e. The van der Waals surface area contributed by atoms with Gasteiger partial charge in [0.25, 0.3) is 0 Å². The van der Waals surface area contributed by atoms with Gasteiger partial charge >= 0.3 is 0 Å². The van der Waals surface area contributed by atoms with Crippen molar-refractivity contribution in [2.45, 2.75) is 65.2 Å². The zero-order chi connectivity index (χ0) is 18.5. The summed E-state index contributed by atoms with van der Waals surface area (Å²) in [6.45, 7) is 5.39. The molecule has 6 atom stereocenters. The summed E-state index contributed by atoms with van der Waals surface area (Å²) in [7, 11) is 0. The van der Waals surface area contributed by atoms with Crippen LogP contribution in [-0.2, 0) is 14.4 Å². The van der Waals surface area contributed by atoms with Crippen molar-refractivity contribution in [2.75, 3.05) is 13.2 Å². The molecule has 0 bridgehead atoms. The van der Waals surface area contributed by atoms with Crippen LogP contribution in [0.1, 0.15) is 65.2 Å². The Morgan fingerprint density at radius 2 is 1.89 bits per heavy atom. The van der Waals surface area contributed by atoms with Crippen molar-refractivity contribution < 1.29 is 14.4 Å². The minimum atomic E-state index is -0.165. The number of ketones is 2. The van der Waals surface area contributed by atoms with Gasteiger partial charge in [-0.3, -0.25) is 9.59 Å². The first-order valence-corrected chi connectivity index (χ1v) is 10.3. The van der Waals surface area contributed by atoms with Gasteiger partial charge in [-0.05, 0) is 61.7 Å². The molecule has 0 spiro atoms. The summed E-state index contributed by atoms with van der Waals surface area (Å²) in [5, 5.41) is 4.25. The van der Waals surface area contributed by atoms with Gasteiger partial charge in [0.2, 0.25) is 0 Å². The maximum Gasteiger partial charge on any atom is 0.139 e. The van der Waals surface area contributed by atoms with E-state index in [4.69, 9.17) is 10.6 Å². The number of hydrogen-bond donors (Lipinski definition) is 1. The molecule has 4 fully saturated rings. The summed E-state index contributed by atoms with van der Waals surface area (Å²) in [5.41, 5.74) is 6.37. The Morgan fingerprint density at radius 3 is 2.63 bits per heavy atom. The van der Waals surface area contributed by atoms with E-state index in [1.54, 1.807) is 0 Å². The van der Waals surface area contributed by atoms with Gasteiger partial charge in [-0.1, -0.05) is 19.0 Å². The zero-order valence-electron chi connectivity index (χ0n) is 16.5. The maximum atomic E-state index is 13.1. The maximum absolute atomic E-state index is 13.1. The van der Waals surface area contributed by atoms with Crippen LogP contribution in [0.3, 0.4) is 0 Å². The first kappa shape index (κ1) is 20.8. The second kappa shape index (κ2) is 7.47. The summed E-state index contributed by atoms with van der Waals surface area (Å²) in [6.07, 6.45) is 7.13. The predicted octanol–water partition coefficient (Wildman–Crippen LogP) is 3.53. The highest BCUT2D eigenvalue weighted by atomic mass is 35.5. The Bertz CT molecular complexity index is 651. The quantitative estimate of drug-likeness (QED) is 0.584. The van der Waals surface area contributed by atoms with Gasteiger partial charge in [-0.2, -0.15) is 0 Å². The van der Waals surface area contributed by atoms with Gasteiger partial charge in [0.1, 0.15) is 18.2 Å². The van der Waals surface area contributed by atoms with E-state index in [1.165, 1.54) is 0 Å². The number of fused-ring (bicyclic) bond motifs is 5. The van der Waals surface area contributed by atoms with Crippen LogP contribution in [0.5, 0.6) is 0 Å². The number of halogens is 1. The molecule has 152 valence electrons. The summed E-state index contributed by atoms with van der Waals surface area (Å²) in [6, 6.07) is 0. The van der Waals surface area contributed by atoms with E-state index >= 15 is 0 Å². The number of carbonyl (C=O) groups is 2. The second-order valence-electron chi connectivity index (χ2n) is 9.51. The molecule has 0 radical (unpaired) electrons. The highest BCUT2D eigenvalue weighted by Crippen LogP contribution is 2.64. The predicted molar refractivity (Wildman–Crippen MR) is 107 cm³/mol. The van der Waals surface area contributed by atoms with E-state index in [1.807, 2.05) is 0 Å². The highest BCUT2D eigenvalue weighted by molar-refractivity contribution is 5.93. The zero-order valence-corrected chi connectivity index (χ0v) is 17.4. The van der Waals surface area contributed by atoms with Crippen LogP contribution >= 0.6 is 12.4 Å². The summed E-state index contributed by atoms with van der Waals surface area (Å²) in [4.78, 5) is 30.9. The van der Waals surface area contributed by atoms with Gasteiger partial charge in [-0.15, -0.1) is 12.4 Å². The molecule has 4 rings (SSSR count). The van der Waals surface area contributed by atoms with Crippen LogP contribution in [-0.4, -0.2) is 30.4 Å². The third-order valence-corrected chi connectivity index (χ3v) is 8.41. The van der Waals surface area contributed by atoms with Crippen molar-refractivity contribution in [1.29, 1.82) is 0 Å². The topological polar surface area (TPSA) is 81.8 Å². The van der Waals surface area contributed by atoms with Crippen LogP contribution in [0.4, 0.5) is 0 Å². The molecule has 27 heavy (non-hydrogen) atoms. The Labute approximate surface area is 168 Å². The van der Waals surface area contributed by atoms with Crippen LogP contribution < -0.4 is 5.73 Å². The van der Waals surface area contributed by atoms with Crippen molar-refractivity contribution in [3.63, 3.8) is 0 Å². The van der Waals surface area contributed by atoms with Gasteiger partial charge in [-0.25, -0.2) is 0 Å². The number of nitrogens with two attached hydrogens (primary N) is 1. The van der Waals surface area contributed by atoms with Crippen molar-refractivity contribution in [1.82, 2.24) is 0 Å². The lowest BCUT2D eigenvalue weighted by Gasteiger charge is -2.58. The number of oxime groups is 1. The van der Waals surface area contributed by atoms with Gasteiger partial charge in [0, 0.05) is 30.7 Å². The number of hydrogen-bond acceptors (Lipinski definition) is 5. The summed E-state index contributed by atoms with van der Waals surface area (Å²) in [5.74, 6) is 2.29. The second-order valence-corrected chi connectivity index (χ2v) is 9.51. The molecular formula is C21H33ClN2O3. The lowest BCUT2D eigenvalue weighted by molar-refractivity contribution is -0.152. The molecular weight excluding hydrogens is 364 g/mol. The fourth-order valence-corrected chi connectivity index (χ4v) is 6.89. The Morgan fingerprint density at radius 1 is 1.11 bits per heavy atom. The van der Waals surface area contributed by atoms with E-state index in [9.17, 15) is 9.59 Å². The molecule has 4 saturated carbocycles. The SMILES string of the molecule is C[C@]12CC/C(=N/OCCN)C[C@H]1C(=O)C[C@H]1[C@H]2CC[C@@]2(C)C(=O)CC[C@@H]12.Cl. The van der Waals surface area contributed by atoms with E-state index < -0.39 is 0 Å². The van der Waals surface area contributed by atoms with Crippen molar-refractivity contribution in [2.24, 2.45) is 45.4 Å². The van der Waals surface area contributed by atoms with Crippen molar-refractivity contribution >= 4 is 29.7 Å². The smallest absolute Gasteiger partial charge is 0.139 e. The number of nitrogens with zero attached hydrogens (tertiary/aromatic N) is 1. The van der Waals surface area contributed by atoms with E-state index in [0.717, 1.165) is 44.2 Å². The van der Waals surface area contributed by atoms with E-state index in [0.29, 0.717) is 55.3 Å². The Balaban J connectivity index is 0.00000210. The average Bonchev–Trinajstić information content (AvgIpc) is 2.92. The molecule has 0 saturated heterocycles. The Kier molecular flexibility index (Phi) is 5.75. The highest BCUT2D eigenvalue weighted by Gasteiger charge is 2.62. The van der Waals surface area contributed by atoms with Crippen LogP contribution in [0.25, 0.3) is 0 Å². The molecule has 4 aliphatic carbocycles. The molecule has 0 amide bonds. The van der Waals surface area contributed by atoms with Crippen molar-refractivity contribution in [3.05, 3.63) is 0 Å². The molecule has 4 aliphatic rings. The Hall–Kier alpha value is -0.940. The third kappa shape index (κ3) is 3.15. The molecule has 0 aromatic heterocycles. The molecule has 5 nitrogen and oxygen atoms in total. The van der Waals surface area contributed by atoms with E-state index in [-0.39, 0.29) is 29.2 Å². The standard InChI is InChI=1S/C21H32N2O3.ClH/c1-20-7-5-13(23-26-10-9-22)11-17(20)18(24)12-14-15-3-4-19(25)21(15,2)8-6-16(14)20;/h14-17H,3-12,22H2,1-2H3;1H/b23-13-;/t14-,15+,16-,17+,20-,21-;/m1./s1. The minimum Gasteiger partial charge on any atom is -0.395 e. The lowest BCUT2D eigenvalue weighted by atomic mass is 9.45. The molecule has 0 aliphatic heterocycles. The van der Waals surface area contributed by atoms with Gasteiger partial charge in [0.15, 0.2) is 0 Å². The van der Waals surface area contributed by atoms with Gasteiger partial charge < -0.3 is 10.6 Å². The van der Waals surface area contributed by atoms with Crippen LogP contribution in [0, 0.1) is 34.5 Å². The fourth-order valence-electron chi connectivity index (χ4n) is 6.89. The first-order valence-electron chi connectivity index (χ1n) is 10.3.